The Morgan fingerprint density at radius 3 is 2.43 bits per heavy atom. The summed E-state index contributed by atoms with van der Waals surface area (Å²) in [4.78, 5) is 24.1. The van der Waals surface area contributed by atoms with E-state index in [1.165, 1.54) is 32.6 Å². The zero-order valence-corrected chi connectivity index (χ0v) is 21.4. The lowest BCUT2D eigenvalue weighted by atomic mass is 10.2. The molecule has 0 unspecified atom stereocenters. The summed E-state index contributed by atoms with van der Waals surface area (Å²) < 4.78 is 43.2. The number of methoxy groups -OCH3 is 2. The lowest BCUT2D eigenvalue weighted by Crippen LogP contribution is -2.39. The van der Waals surface area contributed by atoms with Gasteiger partial charge in [0, 0.05) is 0 Å². The number of hydrogen-bond donors (Lipinski definition) is 1. The van der Waals surface area contributed by atoms with E-state index in [2.05, 4.69) is 15.3 Å². The zero-order valence-electron chi connectivity index (χ0n) is 20.6. The third-order valence-corrected chi connectivity index (χ3v) is 6.87. The number of ether oxygens (including phenoxy) is 3. The molecule has 0 aliphatic carbocycles. The number of aryl methyl sites for hydroxylation is 1. The van der Waals surface area contributed by atoms with E-state index in [4.69, 9.17) is 9.47 Å². The number of carbonyl (C=O) groups is 2. The first kappa shape index (κ1) is 27.2. The van der Waals surface area contributed by atoms with E-state index in [0.29, 0.717) is 17.1 Å². The molecule has 0 aromatic heterocycles. The Hall–Kier alpha value is -4.38. The van der Waals surface area contributed by atoms with Crippen molar-refractivity contribution < 1.29 is 32.2 Å². The van der Waals surface area contributed by atoms with E-state index in [9.17, 15) is 18.0 Å². The number of anilines is 1. The first-order valence-electron chi connectivity index (χ1n) is 11.1. The molecule has 3 aromatic carbocycles. The molecule has 0 saturated carbocycles. The van der Waals surface area contributed by atoms with Crippen molar-refractivity contribution in [3.05, 3.63) is 83.9 Å². The van der Waals surface area contributed by atoms with Crippen molar-refractivity contribution in [1.82, 2.24) is 5.43 Å². The fourth-order valence-corrected chi connectivity index (χ4v) is 4.63. The van der Waals surface area contributed by atoms with Crippen molar-refractivity contribution in [3.63, 3.8) is 0 Å². The molecular weight excluding hydrogens is 498 g/mol. The molecule has 0 heterocycles. The summed E-state index contributed by atoms with van der Waals surface area (Å²) in [6, 6.07) is 19.5. The molecule has 1 amide bonds. The van der Waals surface area contributed by atoms with Crippen LogP contribution in [-0.4, -0.2) is 53.9 Å². The molecule has 0 saturated heterocycles. The van der Waals surface area contributed by atoms with Crippen LogP contribution in [0.1, 0.15) is 11.1 Å². The van der Waals surface area contributed by atoms with Gasteiger partial charge in [-0.1, -0.05) is 42.0 Å². The van der Waals surface area contributed by atoms with Gasteiger partial charge in [0.2, 0.25) is 0 Å². The maximum absolute atomic E-state index is 13.5. The summed E-state index contributed by atoms with van der Waals surface area (Å²) in [6.07, 6.45) is 1.37. The molecule has 0 spiro atoms. The van der Waals surface area contributed by atoms with Gasteiger partial charge in [-0.2, -0.15) is 5.10 Å². The summed E-state index contributed by atoms with van der Waals surface area (Å²) in [5.74, 6) is -0.493. The van der Waals surface area contributed by atoms with Gasteiger partial charge in [-0.3, -0.25) is 9.10 Å². The minimum Gasteiger partial charge on any atom is -0.495 e. The van der Waals surface area contributed by atoms with Crippen LogP contribution in [0.25, 0.3) is 0 Å². The lowest BCUT2D eigenvalue weighted by Gasteiger charge is -2.25. The van der Waals surface area contributed by atoms with Gasteiger partial charge in [-0.25, -0.2) is 18.6 Å². The summed E-state index contributed by atoms with van der Waals surface area (Å²) in [5.41, 5.74) is 4.04. The summed E-state index contributed by atoms with van der Waals surface area (Å²) in [6.45, 7) is 1.05. The Bertz CT molecular complexity index is 1370. The maximum Gasteiger partial charge on any atom is 0.343 e. The number of hydrazone groups is 1. The standard InChI is InChI=1S/C26H27N3O7S/c1-19-11-13-22(14-12-19)37(32,33)29(23-9-4-5-10-24(23)34-2)17-25(30)28-27-16-20-7-6-8-21(15-20)36-18-26(31)35-3/h4-16H,17-18H2,1-3H3,(H,28,30)/b27-16+. The van der Waals surface area contributed by atoms with E-state index in [-0.39, 0.29) is 17.2 Å². The molecule has 0 atom stereocenters. The molecule has 0 bridgehead atoms. The first-order valence-corrected chi connectivity index (χ1v) is 12.5. The third-order valence-electron chi connectivity index (χ3n) is 5.10. The molecule has 194 valence electrons. The van der Waals surface area contributed by atoms with Gasteiger partial charge in [0.05, 0.1) is 31.0 Å². The van der Waals surface area contributed by atoms with Gasteiger partial charge in [-0.15, -0.1) is 0 Å². The minimum absolute atomic E-state index is 0.0316. The van der Waals surface area contributed by atoms with E-state index >= 15 is 0 Å². The third kappa shape index (κ3) is 7.31. The molecule has 3 aromatic rings. The maximum atomic E-state index is 13.5. The van der Waals surface area contributed by atoms with Crippen LogP contribution >= 0.6 is 0 Å². The number of nitrogens with one attached hydrogen (secondary N) is 1. The van der Waals surface area contributed by atoms with Gasteiger partial charge < -0.3 is 14.2 Å². The Morgan fingerprint density at radius 2 is 1.73 bits per heavy atom. The van der Waals surface area contributed by atoms with Gasteiger partial charge in [0.25, 0.3) is 15.9 Å². The van der Waals surface area contributed by atoms with Crippen molar-refractivity contribution in [2.45, 2.75) is 11.8 Å². The predicted molar refractivity (Wildman–Crippen MR) is 138 cm³/mol. The van der Waals surface area contributed by atoms with Crippen LogP contribution in [0.2, 0.25) is 0 Å². The molecule has 0 aliphatic rings. The number of para-hydroxylation sites is 2. The number of rotatable bonds is 11. The van der Waals surface area contributed by atoms with Gasteiger partial charge in [0.15, 0.2) is 6.61 Å². The molecule has 1 N–H and O–H groups in total. The second-order valence-corrected chi connectivity index (χ2v) is 9.59. The fraction of sp³-hybridized carbons (Fsp3) is 0.192. The molecule has 10 nitrogen and oxygen atoms in total. The molecule has 0 radical (unpaired) electrons. The highest BCUT2D eigenvalue weighted by Crippen LogP contribution is 2.32. The molecular formula is C26H27N3O7S. The highest BCUT2D eigenvalue weighted by atomic mass is 32.2. The SMILES string of the molecule is COC(=O)COc1cccc(/C=N/NC(=O)CN(c2ccccc2OC)S(=O)(=O)c2ccc(C)cc2)c1. The highest BCUT2D eigenvalue weighted by molar-refractivity contribution is 7.92. The van der Waals surface area contributed by atoms with E-state index < -0.39 is 28.4 Å². The van der Waals surface area contributed by atoms with Crippen molar-refractivity contribution in [2.75, 3.05) is 31.7 Å². The largest absolute Gasteiger partial charge is 0.495 e. The van der Waals surface area contributed by atoms with Crippen molar-refractivity contribution in [1.29, 1.82) is 0 Å². The van der Waals surface area contributed by atoms with Crippen LogP contribution < -0.4 is 19.2 Å². The summed E-state index contributed by atoms with van der Waals surface area (Å²) in [7, 11) is -1.43. The number of benzene rings is 3. The van der Waals surface area contributed by atoms with Crippen LogP contribution in [0.3, 0.4) is 0 Å². The van der Waals surface area contributed by atoms with E-state index in [1.54, 1.807) is 60.7 Å². The number of esters is 1. The Labute approximate surface area is 215 Å². The van der Waals surface area contributed by atoms with Crippen LogP contribution in [0.15, 0.2) is 82.8 Å². The number of amides is 1. The Balaban J connectivity index is 1.78. The first-order chi connectivity index (χ1) is 17.7. The molecule has 11 heteroatoms. The molecule has 3 rings (SSSR count). The summed E-state index contributed by atoms with van der Waals surface area (Å²) >= 11 is 0. The fourth-order valence-electron chi connectivity index (χ4n) is 3.20. The second-order valence-electron chi connectivity index (χ2n) is 7.73. The van der Waals surface area contributed by atoms with Crippen LogP contribution in [0.5, 0.6) is 11.5 Å². The monoisotopic (exact) mass is 525 g/mol. The summed E-state index contributed by atoms with van der Waals surface area (Å²) in [5, 5.41) is 3.93. The van der Waals surface area contributed by atoms with Crippen molar-refractivity contribution in [3.8, 4) is 11.5 Å². The van der Waals surface area contributed by atoms with Gasteiger partial charge >= 0.3 is 5.97 Å². The topological polar surface area (TPSA) is 124 Å². The minimum atomic E-state index is -4.11. The normalized spacial score (nSPS) is 11.1. The van der Waals surface area contributed by atoms with Gasteiger partial charge in [0.1, 0.15) is 18.0 Å². The second kappa shape index (κ2) is 12.5. The number of nitrogens with zero attached hydrogens (tertiary/aromatic N) is 2. The van der Waals surface area contributed by atoms with Crippen LogP contribution in [0, 0.1) is 6.92 Å². The van der Waals surface area contributed by atoms with E-state index in [0.717, 1.165) is 9.87 Å². The molecule has 0 fully saturated rings. The quantitative estimate of drug-likeness (QED) is 0.232. The van der Waals surface area contributed by atoms with Crippen LogP contribution in [0.4, 0.5) is 5.69 Å². The molecule has 37 heavy (non-hydrogen) atoms. The lowest BCUT2D eigenvalue weighted by molar-refractivity contribution is -0.142. The predicted octanol–water partition coefficient (Wildman–Crippen LogP) is 2.90. The highest BCUT2D eigenvalue weighted by Gasteiger charge is 2.29. The van der Waals surface area contributed by atoms with Crippen molar-refractivity contribution >= 4 is 33.8 Å². The van der Waals surface area contributed by atoms with Gasteiger partial charge in [-0.05, 0) is 48.9 Å². The Morgan fingerprint density at radius 1 is 1.00 bits per heavy atom. The number of hydrogen-bond acceptors (Lipinski definition) is 8. The van der Waals surface area contributed by atoms with Crippen molar-refractivity contribution in [2.24, 2.45) is 5.10 Å². The average molecular weight is 526 g/mol. The van der Waals surface area contributed by atoms with E-state index in [1.807, 2.05) is 6.92 Å². The number of carbonyl (C=O) groups excluding carboxylic acids is 2. The van der Waals surface area contributed by atoms with Crippen LogP contribution in [-0.2, 0) is 24.3 Å². The Kier molecular flexibility index (Phi) is 9.22. The molecule has 0 aliphatic heterocycles. The zero-order chi connectivity index (χ0) is 26.8. The average Bonchev–Trinajstić information content (AvgIpc) is 2.90. The number of sulfonamides is 1. The smallest absolute Gasteiger partial charge is 0.343 e.